The molecule has 86 valence electrons. The maximum Gasteiger partial charge on any atom is 0.166 e. The molecule has 0 saturated carbocycles. The van der Waals surface area contributed by atoms with Crippen LogP contribution in [0.1, 0.15) is 5.82 Å². The Morgan fingerprint density at radius 2 is 2.24 bits per heavy atom. The van der Waals surface area contributed by atoms with Crippen LogP contribution in [0.4, 0.5) is 0 Å². The number of hydrogen-bond acceptors (Lipinski definition) is 3. The molecular weight excluding hydrogens is 232 g/mol. The van der Waals surface area contributed by atoms with Crippen molar-refractivity contribution in [2.24, 2.45) is 7.05 Å². The number of para-hydroxylation sites is 2. The Kier molecular flexibility index (Phi) is 2.60. The lowest BCUT2D eigenvalue weighted by Crippen LogP contribution is -1.94. The fraction of sp³-hybridized carbons (Fsp3) is 0.167. The van der Waals surface area contributed by atoms with Gasteiger partial charge in [0.15, 0.2) is 5.16 Å². The van der Waals surface area contributed by atoms with Crippen LogP contribution in [0.2, 0.25) is 0 Å². The molecule has 0 aliphatic heterocycles. The van der Waals surface area contributed by atoms with E-state index in [0.717, 1.165) is 27.8 Å². The summed E-state index contributed by atoms with van der Waals surface area (Å²) >= 11 is 1.67. The van der Waals surface area contributed by atoms with Crippen LogP contribution in [-0.2, 0) is 12.8 Å². The van der Waals surface area contributed by atoms with Gasteiger partial charge in [-0.2, -0.15) is 0 Å². The average Bonchev–Trinajstić information content (AvgIpc) is 2.92. The van der Waals surface area contributed by atoms with Crippen LogP contribution in [0, 0.1) is 0 Å². The molecule has 0 bridgehead atoms. The number of imidazole rings is 2. The molecule has 5 heteroatoms. The predicted octanol–water partition coefficient (Wildman–Crippen LogP) is 2.59. The van der Waals surface area contributed by atoms with Gasteiger partial charge in [-0.3, -0.25) is 0 Å². The summed E-state index contributed by atoms with van der Waals surface area (Å²) in [5.74, 6) is 1.87. The molecule has 3 aromatic rings. The van der Waals surface area contributed by atoms with Gasteiger partial charge in [0.25, 0.3) is 0 Å². The number of rotatable bonds is 3. The van der Waals surface area contributed by atoms with Crippen molar-refractivity contribution in [3.05, 3.63) is 42.5 Å². The second kappa shape index (κ2) is 4.25. The van der Waals surface area contributed by atoms with E-state index in [1.165, 1.54) is 0 Å². The summed E-state index contributed by atoms with van der Waals surface area (Å²) in [6.45, 7) is 0. The molecule has 17 heavy (non-hydrogen) atoms. The van der Waals surface area contributed by atoms with Gasteiger partial charge in [-0.05, 0) is 12.1 Å². The zero-order valence-corrected chi connectivity index (χ0v) is 10.2. The van der Waals surface area contributed by atoms with Crippen molar-refractivity contribution in [3.63, 3.8) is 0 Å². The number of nitrogens with one attached hydrogen (secondary N) is 1. The van der Waals surface area contributed by atoms with Gasteiger partial charge in [-0.15, -0.1) is 0 Å². The standard InChI is InChI=1S/C12H12N4S/c1-16-7-6-13-11(16)8-17-12-14-9-4-2-3-5-10(9)15-12/h2-7H,8H2,1H3,(H,14,15). The molecule has 2 aromatic heterocycles. The van der Waals surface area contributed by atoms with Crippen LogP contribution >= 0.6 is 11.8 Å². The number of nitrogens with zero attached hydrogens (tertiary/aromatic N) is 3. The topological polar surface area (TPSA) is 46.5 Å². The highest BCUT2D eigenvalue weighted by Gasteiger charge is 2.05. The highest BCUT2D eigenvalue weighted by Crippen LogP contribution is 2.21. The predicted molar refractivity (Wildman–Crippen MR) is 68.9 cm³/mol. The highest BCUT2D eigenvalue weighted by atomic mass is 32.2. The lowest BCUT2D eigenvalue weighted by atomic mass is 10.3. The molecule has 0 aliphatic rings. The third-order valence-corrected chi connectivity index (χ3v) is 3.50. The average molecular weight is 244 g/mol. The van der Waals surface area contributed by atoms with Crippen LogP contribution in [0.5, 0.6) is 0 Å². The molecular formula is C12H12N4S. The molecule has 0 unspecified atom stereocenters. The van der Waals surface area contributed by atoms with Crippen LogP contribution in [0.15, 0.2) is 41.8 Å². The van der Waals surface area contributed by atoms with Gasteiger partial charge in [0, 0.05) is 19.4 Å². The summed E-state index contributed by atoms with van der Waals surface area (Å²) in [5.41, 5.74) is 2.09. The third kappa shape index (κ3) is 2.06. The van der Waals surface area contributed by atoms with E-state index >= 15 is 0 Å². The van der Waals surface area contributed by atoms with E-state index in [9.17, 15) is 0 Å². The Bertz CT molecular complexity index is 608. The molecule has 0 spiro atoms. The smallest absolute Gasteiger partial charge is 0.166 e. The Balaban J connectivity index is 1.79. The van der Waals surface area contributed by atoms with Crippen molar-refractivity contribution in [3.8, 4) is 0 Å². The molecule has 0 aliphatic carbocycles. The normalized spacial score (nSPS) is 11.1. The highest BCUT2D eigenvalue weighted by molar-refractivity contribution is 7.98. The second-order valence-corrected chi connectivity index (χ2v) is 4.77. The Morgan fingerprint density at radius 1 is 1.35 bits per heavy atom. The Morgan fingerprint density at radius 3 is 3.00 bits per heavy atom. The summed E-state index contributed by atoms with van der Waals surface area (Å²) in [4.78, 5) is 12.1. The summed E-state index contributed by atoms with van der Waals surface area (Å²) < 4.78 is 2.02. The molecule has 4 nitrogen and oxygen atoms in total. The minimum atomic E-state index is 0.823. The maximum absolute atomic E-state index is 4.51. The van der Waals surface area contributed by atoms with E-state index in [1.807, 2.05) is 48.3 Å². The SMILES string of the molecule is Cn1ccnc1CSc1nc2ccccc2[nH]1. The van der Waals surface area contributed by atoms with Crippen LogP contribution < -0.4 is 0 Å². The van der Waals surface area contributed by atoms with E-state index in [1.54, 1.807) is 11.8 Å². The summed E-state index contributed by atoms with van der Waals surface area (Å²) in [7, 11) is 2.00. The Labute approximate surface area is 103 Å². The summed E-state index contributed by atoms with van der Waals surface area (Å²) in [6.07, 6.45) is 3.77. The van der Waals surface area contributed by atoms with Crippen molar-refractivity contribution >= 4 is 22.8 Å². The van der Waals surface area contributed by atoms with Gasteiger partial charge in [0.05, 0.1) is 16.8 Å². The summed E-state index contributed by atoms with van der Waals surface area (Å²) in [6, 6.07) is 8.05. The molecule has 1 N–H and O–H groups in total. The van der Waals surface area contributed by atoms with E-state index < -0.39 is 0 Å². The van der Waals surface area contributed by atoms with Crippen LogP contribution in [0.3, 0.4) is 0 Å². The number of fused-ring (bicyclic) bond motifs is 1. The van der Waals surface area contributed by atoms with Crippen molar-refractivity contribution in [1.29, 1.82) is 0 Å². The number of hydrogen-bond donors (Lipinski definition) is 1. The van der Waals surface area contributed by atoms with E-state index in [2.05, 4.69) is 15.0 Å². The zero-order chi connectivity index (χ0) is 11.7. The lowest BCUT2D eigenvalue weighted by Gasteiger charge is -1.98. The minimum Gasteiger partial charge on any atom is -0.337 e. The molecule has 2 heterocycles. The number of thioether (sulfide) groups is 1. The van der Waals surface area contributed by atoms with Crippen LogP contribution in [-0.4, -0.2) is 19.5 Å². The van der Waals surface area contributed by atoms with Crippen molar-refractivity contribution in [2.75, 3.05) is 0 Å². The molecule has 0 amide bonds. The zero-order valence-electron chi connectivity index (χ0n) is 9.42. The first-order valence-electron chi connectivity index (χ1n) is 5.37. The fourth-order valence-corrected chi connectivity index (χ4v) is 2.56. The van der Waals surface area contributed by atoms with Gasteiger partial charge >= 0.3 is 0 Å². The third-order valence-electron chi connectivity index (χ3n) is 2.63. The number of aromatic amines is 1. The van der Waals surface area contributed by atoms with E-state index in [-0.39, 0.29) is 0 Å². The van der Waals surface area contributed by atoms with Gasteiger partial charge in [0.1, 0.15) is 5.82 Å². The Hall–Kier alpha value is -1.75. The lowest BCUT2D eigenvalue weighted by molar-refractivity contribution is 0.848. The molecule has 0 fully saturated rings. The van der Waals surface area contributed by atoms with Gasteiger partial charge < -0.3 is 9.55 Å². The largest absolute Gasteiger partial charge is 0.337 e. The molecule has 3 rings (SSSR count). The van der Waals surface area contributed by atoms with E-state index in [0.29, 0.717) is 0 Å². The quantitative estimate of drug-likeness (QED) is 0.720. The first-order valence-corrected chi connectivity index (χ1v) is 6.35. The van der Waals surface area contributed by atoms with E-state index in [4.69, 9.17) is 0 Å². The number of benzene rings is 1. The first-order chi connectivity index (χ1) is 8.33. The monoisotopic (exact) mass is 244 g/mol. The van der Waals surface area contributed by atoms with Crippen molar-refractivity contribution < 1.29 is 0 Å². The first kappa shape index (κ1) is 10.4. The van der Waals surface area contributed by atoms with Crippen LogP contribution in [0.25, 0.3) is 11.0 Å². The molecule has 0 saturated heterocycles. The van der Waals surface area contributed by atoms with Gasteiger partial charge in [-0.25, -0.2) is 9.97 Å². The van der Waals surface area contributed by atoms with Gasteiger partial charge in [-0.1, -0.05) is 23.9 Å². The fourth-order valence-electron chi connectivity index (χ4n) is 1.67. The number of aromatic nitrogens is 4. The second-order valence-electron chi connectivity index (χ2n) is 3.80. The van der Waals surface area contributed by atoms with Crippen molar-refractivity contribution in [2.45, 2.75) is 10.9 Å². The summed E-state index contributed by atoms with van der Waals surface area (Å²) in [5, 5.41) is 0.939. The number of H-pyrrole nitrogens is 1. The molecule has 0 radical (unpaired) electrons. The van der Waals surface area contributed by atoms with Crippen molar-refractivity contribution in [1.82, 2.24) is 19.5 Å². The molecule has 0 atom stereocenters. The molecule has 1 aromatic carbocycles. The number of aryl methyl sites for hydroxylation is 1. The maximum atomic E-state index is 4.51. The van der Waals surface area contributed by atoms with Gasteiger partial charge in [0.2, 0.25) is 0 Å². The minimum absolute atomic E-state index is 0.823.